The number of hydrogen-bond donors (Lipinski definition) is 2. The Morgan fingerprint density at radius 1 is 1.28 bits per heavy atom. The summed E-state index contributed by atoms with van der Waals surface area (Å²) in [6.45, 7) is 5.22. The molecule has 0 bridgehead atoms. The van der Waals surface area contributed by atoms with E-state index in [2.05, 4.69) is 5.32 Å². The molecule has 0 radical (unpaired) electrons. The van der Waals surface area contributed by atoms with Crippen molar-refractivity contribution >= 4 is 5.91 Å². The topological polar surface area (TPSA) is 55.1 Å². The molecule has 0 aliphatic rings. The van der Waals surface area contributed by atoms with Crippen LogP contribution >= 0.6 is 0 Å². The highest BCUT2D eigenvalue weighted by Gasteiger charge is 2.21. The second kappa shape index (κ2) is 5.91. The Morgan fingerprint density at radius 2 is 1.89 bits per heavy atom. The number of carbonyl (C=O) groups is 1. The maximum absolute atomic E-state index is 13.5. The van der Waals surface area contributed by atoms with Crippen molar-refractivity contribution in [2.24, 2.45) is 11.7 Å². The van der Waals surface area contributed by atoms with Gasteiger partial charge in [0.25, 0.3) is 0 Å². The SMILES string of the molecule is CC(NC(=O)[C@@H](N)C(C)C)c1cccc(F)c1F. The summed E-state index contributed by atoms with van der Waals surface area (Å²) in [6.07, 6.45) is 0. The van der Waals surface area contributed by atoms with Crippen LogP contribution in [0.15, 0.2) is 18.2 Å². The van der Waals surface area contributed by atoms with E-state index in [9.17, 15) is 13.6 Å². The van der Waals surface area contributed by atoms with Gasteiger partial charge < -0.3 is 11.1 Å². The number of rotatable bonds is 4. The highest BCUT2D eigenvalue weighted by molar-refractivity contribution is 5.82. The lowest BCUT2D eigenvalue weighted by Gasteiger charge is -2.20. The van der Waals surface area contributed by atoms with Crippen molar-refractivity contribution in [3.8, 4) is 0 Å². The fraction of sp³-hybridized carbons (Fsp3) is 0.462. The van der Waals surface area contributed by atoms with Gasteiger partial charge in [0.05, 0.1) is 12.1 Å². The minimum absolute atomic E-state index is 0.0189. The molecule has 0 spiro atoms. The molecule has 2 atom stereocenters. The molecule has 0 fully saturated rings. The van der Waals surface area contributed by atoms with E-state index in [1.165, 1.54) is 12.1 Å². The van der Waals surface area contributed by atoms with Gasteiger partial charge in [-0.25, -0.2) is 8.78 Å². The van der Waals surface area contributed by atoms with Crippen molar-refractivity contribution in [2.45, 2.75) is 32.9 Å². The third-order valence-electron chi connectivity index (χ3n) is 2.83. The summed E-state index contributed by atoms with van der Waals surface area (Å²) >= 11 is 0. The molecule has 1 rings (SSSR count). The van der Waals surface area contributed by atoms with Crippen molar-refractivity contribution in [1.82, 2.24) is 5.32 Å². The molecule has 100 valence electrons. The van der Waals surface area contributed by atoms with E-state index < -0.39 is 23.7 Å². The normalized spacial score (nSPS) is 14.4. The van der Waals surface area contributed by atoms with E-state index >= 15 is 0 Å². The Labute approximate surface area is 105 Å². The zero-order chi connectivity index (χ0) is 13.9. The Hall–Kier alpha value is -1.49. The van der Waals surface area contributed by atoms with E-state index in [1.54, 1.807) is 6.92 Å². The minimum atomic E-state index is -0.941. The van der Waals surface area contributed by atoms with E-state index in [4.69, 9.17) is 5.73 Å². The maximum Gasteiger partial charge on any atom is 0.237 e. The molecule has 3 nitrogen and oxygen atoms in total. The molecule has 5 heteroatoms. The van der Waals surface area contributed by atoms with Crippen LogP contribution in [0.25, 0.3) is 0 Å². The van der Waals surface area contributed by atoms with Crippen molar-refractivity contribution in [3.63, 3.8) is 0 Å². The molecule has 1 unspecified atom stereocenters. The van der Waals surface area contributed by atoms with Gasteiger partial charge in [-0.2, -0.15) is 0 Å². The summed E-state index contributed by atoms with van der Waals surface area (Å²) in [5.41, 5.74) is 5.78. The van der Waals surface area contributed by atoms with Crippen molar-refractivity contribution < 1.29 is 13.6 Å². The first-order chi connectivity index (χ1) is 8.34. The third kappa shape index (κ3) is 3.26. The summed E-state index contributed by atoms with van der Waals surface area (Å²) in [7, 11) is 0. The predicted molar refractivity (Wildman–Crippen MR) is 65.7 cm³/mol. The third-order valence-corrected chi connectivity index (χ3v) is 2.83. The Morgan fingerprint density at radius 3 is 2.44 bits per heavy atom. The van der Waals surface area contributed by atoms with Crippen LogP contribution in [-0.2, 0) is 4.79 Å². The molecule has 0 aromatic heterocycles. The number of carbonyl (C=O) groups excluding carboxylic acids is 1. The maximum atomic E-state index is 13.5. The van der Waals surface area contributed by atoms with Gasteiger partial charge in [-0.05, 0) is 18.9 Å². The first-order valence-corrected chi connectivity index (χ1v) is 5.84. The van der Waals surface area contributed by atoms with E-state index in [0.29, 0.717) is 0 Å². The molecular formula is C13H18F2N2O. The number of benzene rings is 1. The van der Waals surface area contributed by atoms with E-state index in [1.807, 2.05) is 13.8 Å². The molecule has 0 heterocycles. The molecule has 3 N–H and O–H groups in total. The standard InChI is InChI=1S/C13H18F2N2O/c1-7(2)12(16)13(18)17-8(3)9-5-4-6-10(14)11(9)15/h4-8,12H,16H2,1-3H3,(H,17,18)/t8?,12-/m0/s1. The Kier molecular flexibility index (Phi) is 4.78. The van der Waals surface area contributed by atoms with Crippen molar-refractivity contribution in [2.75, 3.05) is 0 Å². The molecule has 0 saturated carbocycles. The number of nitrogens with two attached hydrogens (primary N) is 1. The minimum Gasteiger partial charge on any atom is -0.348 e. The van der Waals surface area contributed by atoms with Gasteiger partial charge in [-0.3, -0.25) is 4.79 Å². The molecular weight excluding hydrogens is 238 g/mol. The van der Waals surface area contributed by atoms with Crippen LogP contribution in [0.5, 0.6) is 0 Å². The molecule has 0 saturated heterocycles. The predicted octanol–water partition coefficient (Wildman–Crippen LogP) is 2.13. The molecule has 1 aromatic rings. The van der Waals surface area contributed by atoms with Crippen molar-refractivity contribution in [3.05, 3.63) is 35.4 Å². The monoisotopic (exact) mass is 256 g/mol. The van der Waals surface area contributed by atoms with Crippen LogP contribution in [0.2, 0.25) is 0 Å². The van der Waals surface area contributed by atoms with Gasteiger partial charge in [0, 0.05) is 5.56 Å². The van der Waals surface area contributed by atoms with Crippen LogP contribution in [-0.4, -0.2) is 11.9 Å². The molecule has 18 heavy (non-hydrogen) atoms. The van der Waals surface area contributed by atoms with Gasteiger partial charge in [0.2, 0.25) is 5.91 Å². The Balaban J connectivity index is 2.80. The number of hydrogen-bond acceptors (Lipinski definition) is 2. The average molecular weight is 256 g/mol. The molecule has 0 aliphatic carbocycles. The molecule has 1 amide bonds. The lowest BCUT2D eigenvalue weighted by atomic mass is 10.0. The first-order valence-electron chi connectivity index (χ1n) is 5.84. The lowest BCUT2D eigenvalue weighted by Crippen LogP contribution is -2.44. The van der Waals surface area contributed by atoms with Gasteiger partial charge >= 0.3 is 0 Å². The van der Waals surface area contributed by atoms with Crippen LogP contribution in [0.3, 0.4) is 0 Å². The molecule has 0 aliphatic heterocycles. The number of nitrogens with one attached hydrogen (secondary N) is 1. The summed E-state index contributed by atoms with van der Waals surface area (Å²) in [5.74, 6) is -2.26. The number of halogens is 2. The summed E-state index contributed by atoms with van der Waals surface area (Å²) in [5, 5.41) is 2.57. The quantitative estimate of drug-likeness (QED) is 0.867. The second-order valence-electron chi connectivity index (χ2n) is 4.64. The zero-order valence-electron chi connectivity index (χ0n) is 10.7. The van der Waals surface area contributed by atoms with Gasteiger partial charge in [-0.15, -0.1) is 0 Å². The smallest absolute Gasteiger partial charge is 0.237 e. The van der Waals surface area contributed by atoms with E-state index in [0.717, 1.165) is 6.07 Å². The fourth-order valence-electron chi connectivity index (χ4n) is 1.55. The fourth-order valence-corrected chi connectivity index (χ4v) is 1.55. The highest BCUT2D eigenvalue weighted by Crippen LogP contribution is 2.19. The van der Waals surface area contributed by atoms with Gasteiger partial charge in [0.1, 0.15) is 0 Å². The summed E-state index contributed by atoms with van der Waals surface area (Å²) < 4.78 is 26.6. The largest absolute Gasteiger partial charge is 0.348 e. The van der Waals surface area contributed by atoms with E-state index in [-0.39, 0.29) is 17.4 Å². The summed E-state index contributed by atoms with van der Waals surface area (Å²) in [6, 6.07) is 2.58. The number of amides is 1. The lowest BCUT2D eigenvalue weighted by molar-refractivity contribution is -0.123. The molecule has 1 aromatic carbocycles. The van der Waals surface area contributed by atoms with Crippen molar-refractivity contribution in [1.29, 1.82) is 0 Å². The summed E-state index contributed by atoms with van der Waals surface area (Å²) in [4.78, 5) is 11.7. The zero-order valence-corrected chi connectivity index (χ0v) is 10.7. The van der Waals surface area contributed by atoms with Crippen LogP contribution < -0.4 is 11.1 Å². The van der Waals surface area contributed by atoms with Crippen LogP contribution in [0.4, 0.5) is 8.78 Å². The van der Waals surface area contributed by atoms with Crippen LogP contribution in [0.1, 0.15) is 32.4 Å². The highest BCUT2D eigenvalue weighted by atomic mass is 19.2. The first kappa shape index (κ1) is 14.6. The average Bonchev–Trinajstić information content (AvgIpc) is 2.31. The van der Waals surface area contributed by atoms with Gasteiger partial charge in [-0.1, -0.05) is 26.0 Å². The second-order valence-corrected chi connectivity index (χ2v) is 4.64. The Bertz CT molecular complexity index is 435. The van der Waals surface area contributed by atoms with Gasteiger partial charge in [0.15, 0.2) is 11.6 Å². The van der Waals surface area contributed by atoms with Crippen LogP contribution in [0, 0.1) is 17.6 Å².